The van der Waals surface area contributed by atoms with Gasteiger partial charge in [-0.3, -0.25) is 14.3 Å². The molecule has 2 fully saturated rings. The molecule has 160 valence electrons. The molecule has 5 heterocycles. The highest BCUT2D eigenvalue weighted by Gasteiger charge is 2.59. The highest BCUT2D eigenvalue weighted by molar-refractivity contribution is 9.10. The maximum absolute atomic E-state index is 12.6. The van der Waals surface area contributed by atoms with Gasteiger partial charge in [-0.15, -0.1) is 0 Å². The minimum absolute atomic E-state index is 0.0146. The van der Waals surface area contributed by atoms with Gasteiger partial charge in [-0.1, -0.05) is 0 Å². The zero-order chi connectivity index (χ0) is 21.9. The number of H-pyrrole nitrogens is 1. The molecule has 1 unspecified atom stereocenters. The van der Waals surface area contributed by atoms with Crippen molar-refractivity contribution in [3.8, 4) is 0 Å². The standard InChI is InChI=1S/C14H13BBrN7O7P/c15-31(26)27-3-5-7(30-31)8(29-14(25)22-2-1-18-4-22)11(28-5)23-9-6(19-12(23)16)10(24)21-13(17)20-9/h1-2,4-5,7-8,11,26H,3H2,(H3,17,20,21,24)/q+1/t5-,7+,8+,11-,31?/m1/s1. The van der Waals surface area contributed by atoms with Gasteiger partial charge < -0.3 is 15.2 Å². The van der Waals surface area contributed by atoms with Crippen LogP contribution in [0.3, 0.4) is 0 Å². The largest absolute Gasteiger partial charge is 0.488 e. The third-order valence-corrected chi connectivity index (χ3v) is 6.34. The topological polar surface area (TPSA) is 182 Å². The van der Waals surface area contributed by atoms with E-state index in [1.165, 1.54) is 23.3 Å². The number of nitrogens with zero attached hydrogens (tertiary/aromatic N) is 5. The molecule has 0 saturated carbocycles. The van der Waals surface area contributed by atoms with Crippen molar-refractivity contribution in [3.63, 3.8) is 0 Å². The molecule has 0 spiro atoms. The van der Waals surface area contributed by atoms with E-state index in [9.17, 15) is 14.5 Å². The van der Waals surface area contributed by atoms with E-state index in [1.807, 2.05) is 0 Å². The van der Waals surface area contributed by atoms with Crippen molar-refractivity contribution in [2.24, 2.45) is 0 Å². The first-order valence-corrected chi connectivity index (χ1v) is 11.2. The second-order valence-electron chi connectivity index (χ2n) is 6.69. The number of fused-ring (bicyclic) bond motifs is 2. The smallest absolute Gasteiger partial charge is 0.438 e. The molecule has 5 rings (SSSR count). The molecule has 5 atom stereocenters. The number of anilines is 1. The van der Waals surface area contributed by atoms with E-state index >= 15 is 0 Å². The maximum Gasteiger partial charge on any atom is 0.488 e. The van der Waals surface area contributed by atoms with Crippen LogP contribution in [0.2, 0.25) is 0 Å². The molecule has 2 aliphatic heterocycles. The minimum Gasteiger partial charge on any atom is -0.438 e. The van der Waals surface area contributed by atoms with E-state index in [4.69, 9.17) is 31.8 Å². The molecule has 2 aliphatic rings. The van der Waals surface area contributed by atoms with Gasteiger partial charge in [0.1, 0.15) is 19.0 Å². The molecule has 0 aliphatic carbocycles. The van der Waals surface area contributed by atoms with E-state index in [0.29, 0.717) is 0 Å². The van der Waals surface area contributed by atoms with Crippen LogP contribution in [0.1, 0.15) is 6.23 Å². The van der Waals surface area contributed by atoms with Crippen LogP contribution in [0.4, 0.5) is 10.7 Å². The summed E-state index contributed by atoms with van der Waals surface area (Å²) in [6.07, 6.45) is -0.654. The number of carbonyl (C=O) groups excluding carboxylic acids is 1. The molecule has 3 aromatic heterocycles. The van der Waals surface area contributed by atoms with Gasteiger partial charge in [-0.2, -0.15) is 14.0 Å². The molecule has 17 heteroatoms. The van der Waals surface area contributed by atoms with Crippen molar-refractivity contribution >= 4 is 54.5 Å². The fraction of sp³-hybridized carbons (Fsp3) is 0.357. The summed E-state index contributed by atoms with van der Waals surface area (Å²) in [5, 5.41) is 0. The summed E-state index contributed by atoms with van der Waals surface area (Å²) < 4.78 is 24.9. The zero-order valence-corrected chi connectivity index (χ0v) is 17.8. The molecule has 31 heavy (non-hydrogen) atoms. The lowest BCUT2D eigenvalue weighted by atomic mass is 10.1. The van der Waals surface area contributed by atoms with Gasteiger partial charge in [0.2, 0.25) is 5.95 Å². The lowest BCUT2D eigenvalue weighted by molar-refractivity contribution is -0.0613. The van der Waals surface area contributed by atoms with Crippen LogP contribution in [0.25, 0.3) is 11.2 Å². The zero-order valence-electron chi connectivity index (χ0n) is 15.4. The van der Waals surface area contributed by atoms with Crippen molar-refractivity contribution in [1.29, 1.82) is 0 Å². The molecule has 14 nitrogen and oxygen atoms in total. The number of hydrogen-bond donors (Lipinski definition) is 3. The monoisotopic (exact) mass is 512 g/mol. The summed E-state index contributed by atoms with van der Waals surface area (Å²) in [6.45, 7) is -0.110. The van der Waals surface area contributed by atoms with E-state index in [-0.39, 0.29) is 28.5 Å². The lowest BCUT2D eigenvalue weighted by Crippen LogP contribution is -2.43. The van der Waals surface area contributed by atoms with Gasteiger partial charge >= 0.3 is 21.5 Å². The van der Waals surface area contributed by atoms with Crippen LogP contribution in [0, 0.1) is 0 Å². The Morgan fingerprint density at radius 2 is 2.29 bits per heavy atom. The Morgan fingerprint density at radius 3 is 3.03 bits per heavy atom. The van der Waals surface area contributed by atoms with Gasteiger partial charge in [-0.05, 0) is 15.9 Å². The fourth-order valence-electron chi connectivity index (χ4n) is 3.43. The Kier molecular flexibility index (Phi) is 4.88. The van der Waals surface area contributed by atoms with Crippen LogP contribution in [-0.2, 0) is 18.5 Å². The van der Waals surface area contributed by atoms with Gasteiger partial charge in [0.05, 0.1) is 0 Å². The average Bonchev–Trinajstić information content (AvgIpc) is 3.40. The first-order chi connectivity index (χ1) is 14.7. The number of aromatic amines is 1. The predicted molar refractivity (Wildman–Crippen MR) is 108 cm³/mol. The predicted octanol–water partition coefficient (Wildman–Crippen LogP) is -0.135. The summed E-state index contributed by atoms with van der Waals surface area (Å²) in [7, 11) is 2.01. The van der Waals surface area contributed by atoms with Crippen LogP contribution >= 0.6 is 23.8 Å². The van der Waals surface area contributed by atoms with Crippen molar-refractivity contribution in [2.75, 3.05) is 12.3 Å². The number of hydrogen-bond acceptors (Lipinski definition) is 11. The molecule has 0 amide bonds. The third-order valence-electron chi connectivity index (χ3n) is 4.71. The Hall–Kier alpha value is -2.36. The van der Waals surface area contributed by atoms with E-state index < -0.39 is 44.0 Å². The second-order valence-corrected chi connectivity index (χ2v) is 8.99. The lowest BCUT2D eigenvalue weighted by Gasteiger charge is -2.29. The summed E-state index contributed by atoms with van der Waals surface area (Å²) in [6, 6.07) is 0. The molecule has 2 radical (unpaired) electrons. The van der Waals surface area contributed by atoms with Crippen molar-refractivity contribution in [3.05, 3.63) is 33.8 Å². The highest BCUT2D eigenvalue weighted by atomic mass is 79.9. The first-order valence-electron chi connectivity index (χ1n) is 8.74. The Labute approximate surface area is 182 Å². The number of imidazole rings is 2. The summed E-state index contributed by atoms with van der Waals surface area (Å²) in [4.78, 5) is 49.4. The molecule has 0 bridgehead atoms. The third kappa shape index (κ3) is 3.54. The quantitative estimate of drug-likeness (QED) is 0.236. The van der Waals surface area contributed by atoms with Crippen molar-refractivity contribution in [1.82, 2.24) is 29.1 Å². The Balaban J connectivity index is 1.59. The van der Waals surface area contributed by atoms with Gasteiger partial charge in [-0.25, -0.2) is 24.2 Å². The van der Waals surface area contributed by atoms with Crippen LogP contribution < -0.4 is 11.3 Å². The molecule has 2 saturated heterocycles. The first kappa shape index (κ1) is 20.5. The van der Waals surface area contributed by atoms with E-state index in [0.717, 1.165) is 4.57 Å². The van der Waals surface area contributed by atoms with Crippen LogP contribution in [0.5, 0.6) is 0 Å². The number of carbonyl (C=O) groups is 1. The molecule has 4 N–H and O–H groups in total. The SMILES string of the molecule is [B][P+]1(O)OC[C@H]2O[C@@H](n3c(Br)nc4c(=O)[nH]c(N)nc43)[C@@H](OC(=O)n3ccnc3)[C@H]2O1. The van der Waals surface area contributed by atoms with Gasteiger partial charge in [0.25, 0.3) is 5.56 Å². The summed E-state index contributed by atoms with van der Waals surface area (Å²) in [5.74, 6) is -0.143. The number of nitrogens with one attached hydrogen (secondary N) is 1. The van der Waals surface area contributed by atoms with Crippen molar-refractivity contribution in [2.45, 2.75) is 24.5 Å². The summed E-state index contributed by atoms with van der Waals surface area (Å²) in [5.41, 5.74) is 5.19. The number of nitrogens with two attached hydrogens (primary N) is 1. The maximum atomic E-state index is 12.6. The van der Waals surface area contributed by atoms with Gasteiger partial charge in [0, 0.05) is 12.4 Å². The summed E-state index contributed by atoms with van der Waals surface area (Å²) >= 11 is 3.28. The minimum atomic E-state index is -3.64. The second kappa shape index (κ2) is 7.36. The number of halogens is 1. The molecule has 0 aromatic carbocycles. The number of nitrogen functional groups attached to an aromatic ring is 1. The normalized spacial score (nSPS) is 30.4. The van der Waals surface area contributed by atoms with E-state index in [2.05, 4.69) is 35.9 Å². The van der Waals surface area contributed by atoms with Crippen molar-refractivity contribution < 1.29 is 28.2 Å². The van der Waals surface area contributed by atoms with Crippen LogP contribution in [0.15, 0.2) is 28.2 Å². The number of ether oxygens (including phenoxy) is 2. The molecule has 3 aromatic rings. The van der Waals surface area contributed by atoms with Crippen LogP contribution in [-0.4, -0.2) is 72.5 Å². The average molecular weight is 513 g/mol. The van der Waals surface area contributed by atoms with Gasteiger partial charge in [0.15, 0.2) is 34.3 Å². The number of aromatic nitrogens is 6. The molecular weight excluding hydrogens is 500 g/mol. The fourth-order valence-corrected chi connectivity index (χ4v) is 5.01. The molecular formula is C14H13BBrN7O7P+. The Bertz CT molecular complexity index is 1220. The highest BCUT2D eigenvalue weighted by Crippen LogP contribution is 2.59. The Morgan fingerprint density at radius 1 is 1.48 bits per heavy atom. The number of rotatable bonds is 2. The van der Waals surface area contributed by atoms with E-state index in [1.54, 1.807) is 0 Å².